The van der Waals surface area contributed by atoms with E-state index < -0.39 is 0 Å². The Bertz CT molecular complexity index is 719. The van der Waals surface area contributed by atoms with Crippen LogP contribution in [0.15, 0.2) is 18.2 Å². The van der Waals surface area contributed by atoms with Gasteiger partial charge in [-0.15, -0.1) is 0 Å². The molecule has 0 unspecified atom stereocenters. The van der Waals surface area contributed by atoms with Crippen molar-refractivity contribution in [1.82, 2.24) is 9.88 Å². The van der Waals surface area contributed by atoms with Gasteiger partial charge in [-0.05, 0) is 57.6 Å². The fraction of sp³-hybridized carbons (Fsp3) is 0.556. The quantitative estimate of drug-likeness (QED) is 0.878. The summed E-state index contributed by atoms with van der Waals surface area (Å²) in [6, 6.07) is 6.30. The summed E-state index contributed by atoms with van der Waals surface area (Å²) >= 11 is 0. The van der Waals surface area contributed by atoms with E-state index in [1.54, 1.807) is 7.11 Å². The number of nitrogens with one attached hydrogen (secondary N) is 1. The molecule has 2 aromatic rings. The molecule has 2 aliphatic rings. The monoisotopic (exact) mass is 300 g/mol. The Morgan fingerprint density at radius 3 is 2.95 bits per heavy atom. The van der Waals surface area contributed by atoms with E-state index in [-0.39, 0.29) is 11.7 Å². The molecule has 118 valence electrons. The first-order chi connectivity index (χ1) is 10.5. The van der Waals surface area contributed by atoms with Gasteiger partial charge in [0.25, 0.3) is 0 Å². The smallest absolute Gasteiger partial charge is 0.119 e. The van der Waals surface area contributed by atoms with Crippen LogP contribution in [0.5, 0.6) is 5.75 Å². The highest BCUT2D eigenvalue weighted by molar-refractivity contribution is 5.87. The fourth-order valence-corrected chi connectivity index (χ4v) is 4.14. The summed E-state index contributed by atoms with van der Waals surface area (Å²) < 4.78 is 11.9. The Kier molecular flexibility index (Phi) is 3.03. The van der Waals surface area contributed by atoms with Gasteiger partial charge < -0.3 is 19.4 Å². The number of fused-ring (bicyclic) bond motifs is 5. The number of hydrogen-bond acceptors (Lipinski definition) is 3. The van der Waals surface area contributed by atoms with Crippen molar-refractivity contribution >= 4 is 10.9 Å². The van der Waals surface area contributed by atoms with Gasteiger partial charge in [0.2, 0.25) is 0 Å². The Labute approximate surface area is 131 Å². The fourth-order valence-electron chi connectivity index (χ4n) is 4.14. The number of aromatic amines is 1. The van der Waals surface area contributed by atoms with E-state index in [4.69, 9.17) is 9.47 Å². The van der Waals surface area contributed by atoms with Crippen LogP contribution >= 0.6 is 0 Å². The van der Waals surface area contributed by atoms with Gasteiger partial charge in [0.05, 0.1) is 18.9 Å². The Morgan fingerprint density at radius 1 is 1.36 bits per heavy atom. The molecule has 0 spiro atoms. The van der Waals surface area contributed by atoms with E-state index in [0.29, 0.717) is 5.92 Å². The van der Waals surface area contributed by atoms with Crippen molar-refractivity contribution in [3.05, 3.63) is 29.5 Å². The minimum Gasteiger partial charge on any atom is -0.497 e. The summed E-state index contributed by atoms with van der Waals surface area (Å²) in [6.07, 6.45) is 1.42. The van der Waals surface area contributed by atoms with Gasteiger partial charge in [0.15, 0.2) is 0 Å². The molecule has 0 aliphatic carbocycles. The van der Waals surface area contributed by atoms with Crippen molar-refractivity contribution in [2.75, 3.05) is 27.2 Å². The maximum absolute atomic E-state index is 6.46. The molecule has 22 heavy (non-hydrogen) atoms. The highest BCUT2D eigenvalue weighted by Crippen LogP contribution is 2.47. The standard InChI is InChI=1S/C18H24N2O2/c1-18(2)17-16(12-7-8-20(3)10-15(12)22-18)13-9-11(21-4)5-6-14(13)19-17/h5-6,9,12,15,19H,7-8,10H2,1-4H3/t12-,15-/m0/s1. The largest absolute Gasteiger partial charge is 0.497 e. The topological polar surface area (TPSA) is 37.5 Å². The normalized spacial score (nSPS) is 27.5. The lowest BCUT2D eigenvalue weighted by molar-refractivity contribution is -0.122. The van der Waals surface area contributed by atoms with Crippen LogP contribution in [-0.4, -0.2) is 43.2 Å². The Morgan fingerprint density at radius 2 is 2.18 bits per heavy atom. The third kappa shape index (κ3) is 1.97. The van der Waals surface area contributed by atoms with E-state index >= 15 is 0 Å². The molecule has 4 heteroatoms. The van der Waals surface area contributed by atoms with Crippen molar-refractivity contribution < 1.29 is 9.47 Å². The van der Waals surface area contributed by atoms with Crippen LogP contribution in [-0.2, 0) is 10.3 Å². The summed E-state index contributed by atoms with van der Waals surface area (Å²) in [7, 11) is 3.91. The van der Waals surface area contributed by atoms with Crippen LogP contribution in [0.3, 0.4) is 0 Å². The molecule has 1 saturated heterocycles. The van der Waals surface area contributed by atoms with Gasteiger partial charge in [-0.1, -0.05) is 0 Å². The highest BCUT2D eigenvalue weighted by atomic mass is 16.5. The van der Waals surface area contributed by atoms with Crippen molar-refractivity contribution in [3.63, 3.8) is 0 Å². The zero-order valence-corrected chi connectivity index (χ0v) is 13.8. The highest BCUT2D eigenvalue weighted by Gasteiger charge is 2.44. The number of ether oxygens (including phenoxy) is 2. The SMILES string of the molecule is COc1ccc2[nH]c3c(c2c1)[C@H]1CCN(C)C[C@@H]1OC3(C)C. The molecule has 0 radical (unpaired) electrons. The van der Waals surface area contributed by atoms with E-state index in [1.165, 1.54) is 22.2 Å². The van der Waals surface area contributed by atoms with Gasteiger partial charge >= 0.3 is 0 Å². The molecule has 0 saturated carbocycles. The molecule has 0 amide bonds. The minimum absolute atomic E-state index is 0.270. The molecule has 1 aromatic carbocycles. The van der Waals surface area contributed by atoms with Crippen molar-refractivity contribution in [2.24, 2.45) is 0 Å². The van der Waals surface area contributed by atoms with Gasteiger partial charge in [0, 0.05) is 23.4 Å². The lowest BCUT2D eigenvalue weighted by atomic mass is 9.79. The second-order valence-electron chi connectivity index (χ2n) is 7.15. The van der Waals surface area contributed by atoms with Crippen LogP contribution in [0.1, 0.15) is 37.4 Å². The maximum Gasteiger partial charge on any atom is 0.119 e. The molecule has 1 fully saturated rings. The first-order valence-corrected chi connectivity index (χ1v) is 8.06. The molecule has 4 nitrogen and oxygen atoms in total. The summed E-state index contributed by atoms with van der Waals surface area (Å²) in [5, 5.41) is 1.30. The number of piperidine rings is 1. The van der Waals surface area contributed by atoms with Crippen LogP contribution < -0.4 is 4.74 Å². The summed E-state index contributed by atoms with van der Waals surface area (Å²) in [6.45, 7) is 6.47. The predicted molar refractivity (Wildman–Crippen MR) is 87.6 cm³/mol. The second kappa shape index (κ2) is 4.74. The number of likely N-dealkylation sites (tertiary alicyclic amines) is 1. The molecule has 1 aromatic heterocycles. The van der Waals surface area contributed by atoms with Crippen molar-refractivity contribution in [3.8, 4) is 5.75 Å². The number of H-pyrrole nitrogens is 1. The summed E-state index contributed by atoms with van der Waals surface area (Å²) in [4.78, 5) is 5.98. The lowest BCUT2D eigenvalue weighted by Gasteiger charge is -2.45. The average molecular weight is 300 g/mol. The van der Waals surface area contributed by atoms with Crippen LogP contribution in [0.25, 0.3) is 10.9 Å². The van der Waals surface area contributed by atoms with Crippen molar-refractivity contribution in [2.45, 2.75) is 37.9 Å². The van der Waals surface area contributed by atoms with Crippen LogP contribution in [0.4, 0.5) is 0 Å². The third-order valence-corrected chi connectivity index (χ3v) is 5.23. The van der Waals surface area contributed by atoms with Crippen LogP contribution in [0.2, 0.25) is 0 Å². The van der Waals surface area contributed by atoms with E-state index in [1.807, 2.05) is 6.07 Å². The van der Waals surface area contributed by atoms with Gasteiger partial charge in [-0.25, -0.2) is 0 Å². The van der Waals surface area contributed by atoms with E-state index in [9.17, 15) is 0 Å². The summed E-state index contributed by atoms with van der Waals surface area (Å²) in [5.41, 5.74) is 3.59. The summed E-state index contributed by atoms with van der Waals surface area (Å²) in [5.74, 6) is 1.39. The van der Waals surface area contributed by atoms with Gasteiger partial charge in [-0.3, -0.25) is 0 Å². The van der Waals surface area contributed by atoms with Gasteiger partial charge in [-0.2, -0.15) is 0 Å². The zero-order chi connectivity index (χ0) is 15.5. The number of aromatic nitrogens is 1. The Balaban J connectivity index is 1.93. The minimum atomic E-state index is -0.277. The first kappa shape index (κ1) is 14.1. The number of hydrogen-bond donors (Lipinski definition) is 1. The third-order valence-electron chi connectivity index (χ3n) is 5.23. The molecule has 3 heterocycles. The van der Waals surface area contributed by atoms with E-state index in [0.717, 1.165) is 25.3 Å². The number of benzene rings is 1. The number of methoxy groups -OCH3 is 1. The molecule has 0 bridgehead atoms. The zero-order valence-electron chi connectivity index (χ0n) is 13.8. The molecular formula is C18H24N2O2. The van der Waals surface area contributed by atoms with Crippen molar-refractivity contribution in [1.29, 1.82) is 0 Å². The van der Waals surface area contributed by atoms with Gasteiger partial charge in [0.1, 0.15) is 11.4 Å². The van der Waals surface area contributed by atoms with E-state index in [2.05, 4.69) is 42.9 Å². The first-order valence-electron chi connectivity index (χ1n) is 8.06. The molecule has 4 rings (SSSR count). The number of rotatable bonds is 1. The Hall–Kier alpha value is -1.52. The maximum atomic E-state index is 6.46. The molecular weight excluding hydrogens is 276 g/mol. The average Bonchev–Trinajstić information content (AvgIpc) is 2.86. The number of nitrogens with zero attached hydrogens (tertiary/aromatic N) is 1. The molecule has 2 aliphatic heterocycles. The predicted octanol–water partition coefficient (Wildman–Crippen LogP) is 3.23. The molecule has 1 N–H and O–H groups in total. The number of likely N-dealkylation sites (N-methyl/N-ethyl adjacent to an activating group) is 1. The lowest BCUT2D eigenvalue weighted by Crippen LogP contribution is -2.48. The molecule has 2 atom stereocenters. The van der Waals surface area contributed by atoms with Crippen LogP contribution in [0, 0.1) is 0 Å². The second-order valence-corrected chi connectivity index (χ2v) is 7.15.